The summed E-state index contributed by atoms with van der Waals surface area (Å²) < 4.78 is 10.7. The molecule has 0 spiro atoms. The van der Waals surface area contributed by atoms with Crippen molar-refractivity contribution in [2.75, 3.05) is 13.7 Å². The number of nitro groups is 1. The van der Waals surface area contributed by atoms with Crippen molar-refractivity contribution in [3.63, 3.8) is 0 Å². The normalized spacial score (nSPS) is 11.4. The number of hydrogen-bond acceptors (Lipinski definition) is 6. The summed E-state index contributed by atoms with van der Waals surface area (Å²) in [5, 5.41) is 22.7. The molecule has 1 atom stereocenters. The van der Waals surface area contributed by atoms with E-state index in [0.717, 1.165) is 6.07 Å². The van der Waals surface area contributed by atoms with Crippen LogP contribution in [0, 0.1) is 10.1 Å². The van der Waals surface area contributed by atoms with Gasteiger partial charge in [-0.05, 0) is 30.7 Å². The maximum Gasteiger partial charge on any atom is 0.305 e. The Morgan fingerprint density at radius 2 is 1.96 bits per heavy atom. The number of ether oxygens (including phenoxy) is 2. The fourth-order valence-corrected chi connectivity index (χ4v) is 2.60. The molecule has 0 saturated carbocycles. The first-order valence-corrected chi connectivity index (χ1v) is 8.43. The highest BCUT2D eigenvalue weighted by Gasteiger charge is 2.21. The van der Waals surface area contributed by atoms with Crippen LogP contribution in [-0.4, -0.2) is 35.6 Å². The van der Waals surface area contributed by atoms with Gasteiger partial charge in [-0.3, -0.25) is 19.7 Å². The fraction of sp³-hybridized carbons (Fsp3) is 0.263. The highest BCUT2D eigenvalue weighted by molar-refractivity contribution is 5.95. The van der Waals surface area contributed by atoms with E-state index in [-0.39, 0.29) is 17.7 Å². The van der Waals surface area contributed by atoms with Gasteiger partial charge in [0.05, 0.1) is 31.1 Å². The van der Waals surface area contributed by atoms with Gasteiger partial charge in [0, 0.05) is 17.7 Å². The Labute approximate surface area is 161 Å². The molecule has 2 aromatic carbocycles. The van der Waals surface area contributed by atoms with Gasteiger partial charge in [-0.2, -0.15) is 0 Å². The Bertz CT molecular complexity index is 882. The fourth-order valence-electron chi connectivity index (χ4n) is 2.60. The average molecular weight is 388 g/mol. The van der Waals surface area contributed by atoms with Crippen LogP contribution < -0.4 is 14.8 Å². The van der Waals surface area contributed by atoms with Gasteiger partial charge in [0.1, 0.15) is 0 Å². The Balaban J connectivity index is 2.31. The summed E-state index contributed by atoms with van der Waals surface area (Å²) in [5.41, 5.74) is 0.328. The van der Waals surface area contributed by atoms with Crippen molar-refractivity contribution in [3.8, 4) is 11.5 Å². The van der Waals surface area contributed by atoms with Gasteiger partial charge in [-0.15, -0.1) is 0 Å². The number of carboxylic acids is 1. The second-order valence-electron chi connectivity index (χ2n) is 5.77. The number of rotatable bonds is 9. The van der Waals surface area contributed by atoms with E-state index in [4.69, 9.17) is 9.47 Å². The summed E-state index contributed by atoms with van der Waals surface area (Å²) in [7, 11) is 1.45. The zero-order valence-electron chi connectivity index (χ0n) is 15.4. The van der Waals surface area contributed by atoms with E-state index >= 15 is 0 Å². The van der Waals surface area contributed by atoms with Crippen LogP contribution in [0.3, 0.4) is 0 Å². The van der Waals surface area contributed by atoms with Crippen LogP contribution >= 0.6 is 0 Å². The third-order valence-corrected chi connectivity index (χ3v) is 3.89. The van der Waals surface area contributed by atoms with E-state index in [9.17, 15) is 24.8 Å². The van der Waals surface area contributed by atoms with Crippen LogP contribution in [0.1, 0.15) is 35.3 Å². The molecule has 2 aromatic rings. The summed E-state index contributed by atoms with van der Waals surface area (Å²) in [4.78, 5) is 34.1. The second-order valence-corrected chi connectivity index (χ2v) is 5.77. The van der Waals surface area contributed by atoms with E-state index in [1.165, 1.54) is 25.3 Å². The minimum atomic E-state index is -1.11. The van der Waals surface area contributed by atoms with Gasteiger partial charge in [0.2, 0.25) is 0 Å². The topological polar surface area (TPSA) is 128 Å². The number of carboxylic acid groups (broad SMARTS) is 1. The first-order chi connectivity index (χ1) is 13.3. The molecular formula is C19H20N2O7. The SMILES string of the molecule is CCOc1ccc(C(CC(=O)O)NC(=O)c2cccc([N+](=O)[O-])c2)cc1OC. The number of aliphatic carboxylic acids is 1. The van der Waals surface area contributed by atoms with E-state index in [2.05, 4.69) is 5.32 Å². The van der Waals surface area contributed by atoms with Crippen molar-refractivity contribution in [1.82, 2.24) is 5.32 Å². The zero-order valence-corrected chi connectivity index (χ0v) is 15.4. The summed E-state index contributed by atoms with van der Waals surface area (Å²) in [5.74, 6) is -0.841. The number of non-ortho nitro benzene ring substituents is 1. The molecular weight excluding hydrogens is 368 g/mol. The molecule has 1 unspecified atom stereocenters. The first-order valence-electron chi connectivity index (χ1n) is 8.43. The van der Waals surface area contributed by atoms with Gasteiger partial charge < -0.3 is 19.9 Å². The van der Waals surface area contributed by atoms with Crippen LogP contribution in [0.25, 0.3) is 0 Å². The molecule has 0 saturated heterocycles. The molecule has 0 aliphatic rings. The average Bonchev–Trinajstić information content (AvgIpc) is 2.67. The first kappa shape index (κ1) is 20.7. The number of nitro benzene ring substituents is 1. The lowest BCUT2D eigenvalue weighted by molar-refractivity contribution is -0.384. The molecule has 148 valence electrons. The van der Waals surface area contributed by atoms with E-state index in [0.29, 0.717) is 23.7 Å². The predicted octanol–water partition coefficient (Wildman–Crippen LogP) is 2.95. The van der Waals surface area contributed by atoms with Crippen LogP contribution in [0.15, 0.2) is 42.5 Å². The summed E-state index contributed by atoms with van der Waals surface area (Å²) in [6, 6.07) is 9.19. The lowest BCUT2D eigenvalue weighted by Gasteiger charge is -2.19. The van der Waals surface area contributed by atoms with Crippen LogP contribution in [-0.2, 0) is 4.79 Å². The van der Waals surface area contributed by atoms with E-state index in [1.54, 1.807) is 18.2 Å². The van der Waals surface area contributed by atoms with Crippen LogP contribution in [0.2, 0.25) is 0 Å². The van der Waals surface area contributed by atoms with Crippen LogP contribution in [0.5, 0.6) is 11.5 Å². The zero-order chi connectivity index (χ0) is 20.7. The van der Waals surface area contributed by atoms with Crippen molar-refractivity contribution in [3.05, 3.63) is 63.7 Å². The number of nitrogens with one attached hydrogen (secondary N) is 1. The molecule has 0 aromatic heterocycles. The smallest absolute Gasteiger partial charge is 0.305 e. The second kappa shape index (κ2) is 9.36. The molecule has 28 heavy (non-hydrogen) atoms. The molecule has 0 aliphatic carbocycles. The lowest BCUT2D eigenvalue weighted by Crippen LogP contribution is -2.30. The predicted molar refractivity (Wildman–Crippen MR) is 99.7 cm³/mol. The summed E-state index contributed by atoms with van der Waals surface area (Å²) in [6.07, 6.45) is -0.377. The third kappa shape index (κ3) is 5.19. The van der Waals surface area contributed by atoms with Crippen LogP contribution in [0.4, 0.5) is 5.69 Å². The van der Waals surface area contributed by atoms with Gasteiger partial charge in [-0.1, -0.05) is 12.1 Å². The minimum Gasteiger partial charge on any atom is -0.493 e. The van der Waals surface area contributed by atoms with Gasteiger partial charge in [0.25, 0.3) is 11.6 Å². The maximum absolute atomic E-state index is 12.5. The Morgan fingerprint density at radius 1 is 1.21 bits per heavy atom. The van der Waals surface area contributed by atoms with E-state index < -0.39 is 22.8 Å². The molecule has 9 nitrogen and oxygen atoms in total. The van der Waals surface area contributed by atoms with Gasteiger partial charge >= 0.3 is 5.97 Å². The van der Waals surface area contributed by atoms with Crippen molar-refractivity contribution < 1.29 is 29.1 Å². The number of benzene rings is 2. The van der Waals surface area contributed by atoms with Crippen molar-refractivity contribution >= 4 is 17.6 Å². The largest absolute Gasteiger partial charge is 0.493 e. The Morgan fingerprint density at radius 3 is 2.57 bits per heavy atom. The quantitative estimate of drug-likeness (QED) is 0.499. The molecule has 0 heterocycles. The third-order valence-electron chi connectivity index (χ3n) is 3.89. The number of carbonyl (C=O) groups is 2. The highest BCUT2D eigenvalue weighted by atomic mass is 16.6. The molecule has 0 radical (unpaired) electrons. The standard InChI is InChI=1S/C19H20N2O7/c1-3-28-16-8-7-12(10-17(16)27-2)15(11-18(22)23)20-19(24)13-5-4-6-14(9-13)21(25)26/h4-10,15H,3,11H2,1-2H3,(H,20,24)(H,22,23). The van der Waals surface area contributed by atoms with Crippen molar-refractivity contribution in [1.29, 1.82) is 0 Å². The number of hydrogen-bond donors (Lipinski definition) is 2. The van der Waals surface area contributed by atoms with Crippen molar-refractivity contribution in [2.45, 2.75) is 19.4 Å². The molecule has 0 bridgehead atoms. The molecule has 0 fully saturated rings. The summed E-state index contributed by atoms with van der Waals surface area (Å²) >= 11 is 0. The Kier molecular flexibility index (Phi) is 6.91. The monoisotopic (exact) mass is 388 g/mol. The number of carbonyl (C=O) groups excluding carboxylic acids is 1. The van der Waals surface area contributed by atoms with Crippen molar-refractivity contribution in [2.24, 2.45) is 0 Å². The summed E-state index contributed by atoms with van der Waals surface area (Å²) in [6.45, 7) is 2.25. The molecule has 2 rings (SSSR count). The number of nitrogens with zero attached hydrogens (tertiary/aromatic N) is 1. The minimum absolute atomic E-state index is 0.0579. The Hall–Kier alpha value is -3.62. The molecule has 2 N–H and O–H groups in total. The number of amides is 1. The van der Waals surface area contributed by atoms with E-state index in [1.807, 2.05) is 6.92 Å². The molecule has 0 aliphatic heterocycles. The van der Waals surface area contributed by atoms with Gasteiger partial charge in [0.15, 0.2) is 11.5 Å². The molecule has 9 heteroatoms. The number of methoxy groups -OCH3 is 1. The van der Waals surface area contributed by atoms with Gasteiger partial charge in [-0.25, -0.2) is 0 Å². The molecule has 1 amide bonds. The maximum atomic E-state index is 12.5. The highest BCUT2D eigenvalue weighted by Crippen LogP contribution is 2.31. The lowest BCUT2D eigenvalue weighted by atomic mass is 10.0.